The molecule has 0 aliphatic heterocycles. The highest BCUT2D eigenvalue weighted by molar-refractivity contribution is 5.44. The van der Waals surface area contributed by atoms with Gasteiger partial charge in [-0.25, -0.2) is 4.39 Å². The van der Waals surface area contributed by atoms with Crippen LogP contribution in [-0.2, 0) is 12.0 Å². The van der Waals surface area contributed by atoms with Crippen LogP contribution in [0.5, 0.6) is 5.88 Å². The van der Waals surface area contributed by atoms with Crippen molar-refractivity contribution in [1.29, 1.82) is 0 Å². The standard InChI is InChI=1S/C15H20FN3O/c1-15(2,3)13-10(9-17)14(20-4)19(18-13)12-8-6-5-7-11(12)16/h5-8H,9,17H2,1-4H3. The fraction of sp³-hybridized carbons (Fsp3) is 0.400. The van der Waals surface area contributed by atoms with Gasteiger partial charge in [0.2, 0.25) is 5.88 Å². The first kappa shape index (κ1) is 14.5. The maximum Gasteiger partial charge on any atom is 0.221 e. The highest BCUT2D eigenvalue weighted by Crippen LogP contribution is 2.33. The van der Waals surface area contributed by atoms with Crippen molar-refractivity contribution in [2.24, 2.45) is 5.73 Å². The van der Waals surface area contributed by atoms with E-state index in [1.54, 1.807) is 25.3 Å². The average molecular weight is 277 g/mol. The maximum absolute atomic E-state index is 14.0. The van der Waals surface area contributed by atoms with E-state index < -0.39 is 0 Å². The summed E-state index contributed by atoms with van der Waals surface area (Å²) in [6.07, 6.45) is 0. The largest absolute Gasteiger partial charge is 0.481 e. The average Bonchev–Trinajstić information content (AvgIpc) is 2.77. The molecule has 5 heteroatoms. The van der Waals surface area contributed by atoms with Crippen LogP contribution in [0.25, 0.3) is 5.69 Å². The summed E-state index contributed by atoms with van der Waals surface area (Å²) in [6.45, 7) is 6.42. The van der Waals surface area contributed by atoms with E-state index in [0.29, 0.717) is 18.1 Å². The molecule has 0 saturated carbocycles. The second kappa shape index (κ2) is 5.25. The molecule has 20 heavy (non-hydrogen) atoms. The van der Waals surface area contributed by atoms with Gasteiger partial charge in [-0.05, 0) is 12.1 Å². The summed E-state index contributed by atoms with van der Waals surface area (Å²) in [7, 11) is 1.54. The third-order valence-corrected chi connectivity index (χ3v) is 3.12. The van der Waals surface area contributed by atoms with Crippen molar-refractivity contribution in [2.45, 2.75) is 32.7 Å². The molecule has 0 bridgehead atoms. The molecular formula is C15H20FN3O. The van der Waals surface area contributed by atoms with E-state index in [2.05, 4.69) is 5.10 Å². The fourth-order valence-corrected chi connectivity index (χ4v) is 2.22. The molecule has 0 amide bonds. The zero-order valence-electron chi connectivity index (χ0n) is 12.3. The molecule has 0 spiro atoms. The second-order valence-electron chi connectivity index (χ2n) is 5.65. The van der Waals surface area contributed by atoms with E-state index in [-0.39, 0.29) is 11.2 Å². The topological polar surface area (TPSA) is 53.1 Å². The van der Waals surface area contributed by atoms with E-state index >= 15 is 0 Å². The lowest BCUT2D eigenvalue weighted by molar-refractivity contribution is 0.377. The highest BCUT2D eigenvalue weighted by Gasteiger charge is 2.27. The zero-order chi connectivity index (χ0) is 14.9. The minimum Gasteiger partial charge on any atom is -0.481 e. The van der Waals surface area contributed by atoms with Crippen molar-refractivity contribution in [3.8, 4) is 11.6 Å². The van der Waals surface area contributed by atoms with Gasteiger partial charge in [-0.1, -0.05) is 32.9 Å². The molecule has 0 atom stereocenters. The van der Waals surface area contributed by atoms with E-state index in [1.807, 2.05) is 20.8 Å². The third-order valence-electron chi connectivity index (χ3n) is 3.12. The Balaban J connectivity index is 2.72. The lowest BCUT2D eigenvalue weighted by atomic mass is 9.89. The molecule has 0 radical (unpaired) electrons. The lowest BCUT2D eigenvalue weighted by Gasteiger charge is -2.16. The molecule has 0 unspecified atom stereocenters. The molecule has 1 aromatic carbocycles. The van der Waals surface area contributed by atoms with Gasteiger partial charge >= 0.3 is 0 Å². The van der Waals surface area contributed by atoms with E-state index in [0.717, 1.165) is 11.3 Å². The number of aromatic nitrogens is 2. The van der Waals surface area contributed by atoms with Crippen LogP contribution in [0.3, 0.4) is 0 Å². The summed E-state index contributed by atoms with van der Waals surface area (Å²) < 4.78 is 20.9. The molecule has 2 aromatic rings. The summed E-state index contributed by atoms with van der Waals surface area (Å²) >= 11 is 0. The first-order valence-corrected chi connectivity index (χ1v) is 6.51. The lowest BCUT2D eigenvalue weighted by Crippen LogP contribution is -2.16. The molecular weight excluding hydrogens is 257 g/mol. The Bertz CT molecular complexity index is 614. The van der Waals surface area contributed by atoms with Gasteiger partial charge in [0.1, 0.15) is 11.5 Å². The maximum atomic E-state index is 14.0. The molecule has 2 rings (SSSR count). The van der Waals surface area contributed by atoms with Gasteiger partial charge in [0.25, 0.3) is 0 Å². The first-order chi connectivity index (χ1) is 9.40. The van der Waals surface area contributed by atoms with Crippen LogP contribution >= 0.6 is 0 Å². The first-order valence-electron chi connectivity index (χ1n) is 6.51. The Morgan fingerprint density at radius 3 is 2.45 bits per heavy atom. The van der Waals surface area contributed by atoms with Gasteiger partial charge < -0.3 is 10.5 Å². The normalized spacial score (nSPS) is 11.7. The molecule has 1 heterocycles. The number of nitrogens with zero attached hydrogens (tertiary/aromatic N) is 2. The van der Waals surface area contributed by atoms with Crippen LogP contribution in [0.2, 0.25) is 0 Å². The summed E-state index contributed by atoms with van der Waals surface area (Å²) in [5.74, 6) is 0.139. The predicted molar refractivity (Wildman–Crippen MR) is 76.7 cm³/mol. The number of nitrogens with two attached hydrogens (primary N) is 1. The smallest absolute Gasteiger partial charge is 0.221 e. The number of para-hydroxylation sites is 1. The van der Waals surface area contributed by atoms with E-state index in [4.69, 9.17) is 10.5 Å². The molecule has 108 valence electrons. The van der Waals surface area contributed by atoms with Crippen LogP contribution in [0, 0.1) is 5.82 Å². The zero-order valence-corrected chi connectivity index (χ0v) is 12.3. The SMILES string of the molecule is COc1c(CN)c(C(C)(C)C)nn1-c1ccccc1F. The molecule has 0 aliphatic rings. The van der Waals surface area contributed by atoms with Gasteiger partial charge in [0.05, 0.1) is 18.4 Å². The van der Waals surface area contributed by atoms with Crippen molar-refractivity contribution in [1.82, 2.24) is 9.78 Å². The Kier molecular flexibility index (Phi) is 3.81. The Morgan fingerprint density at radius 1 is 1.30 bits per heavy atom. The van der Waals surface area contributed by atoms with Gasteiger partial charge in [-0.3, -0.25) is 0 Å². The quantitative estimate of drug-likeness (QED) is 0.938. The highest BCUT2D eigenvalue weighted by atomic mass is 19.1. The van der Waals surface area contributed by atoms with Crippen molar-refractivity contribution in [3.63, 3.8) is 0 Å². The number of hydrogen-bond acceptors (Lipinski definition) is 3. The number of ether oxygens (including phenoxy) is 1. The van der Waals surface area contributed by atoms with Crippen LogP contribution in [0.1, 0.15) is 32.0 Å². The van der Waals surface area contributed by atoms with Crippen LogP contribution < -0.4 is 10.5 Å². The van der Waals surface area contributed by atoms with Crippen LogP contribution in [0.15, 0.2) is 24.3 Å². The Hall–Kier alpha value is -1.88. The predicted octanol–water partition coefficient (Wildman–Crippen LogP) is 2.78. The fourth-order valence-electron chi connectivity index (χ4n) is 2.22. The van der Waals surface area contributed by atoms with Gasteiger partial charge in [0, 0.05) is 12.0 Å². The van der Waals surface area contributed by atoms with E-state index in [1.165, 1.54) is 10.7 Å². The van der Waals surface area contributed by atoms with Crippen LogP contribution in [-0.4, -0.2) is 16.9 Å². The summed E-state index contributed by atoms with van der Waals surface area (Å²) in [5.41, 5.74) is 7.61. The van der Waals surface area contributed by atoms with Gasteiger partial charge in [-0.15, -0.1) is 0 Å². The van der Waals surface area contributed by atoms with E-state index in [9.17, 15) is 4.39 Å². The molecule has 0 saturated heterocycles. The molecule has 0 fully saturated rings. The van der Waals surface area contributed by atoms with Crippen molar-refractivity contribution in [2.75, 3.05) is 7.11 Å². The molecule has 0 aliphatic carbocycles. The summed E-state index contributed by atoms with van der Waals surface area (Å²) in [6, 6.07) is 6.47. The second-order valence-corrected chi connectivity index (χ2v) is 5.65. The third kappa shape index (κ3) is 2.41. The molecule has 4 nitrogen and oxygen atoms in total. The van der Waals surface area contributed by atoms with Gasteiger partial charge in [0.15, 0.2) is 0 Å². The molecule has 2 N–H and O–H groups in total. The van der Waals surface area contributed by atoms with Crippen molar-refractivity contribution >= 4 is 0 Å². The van der Waals surface area contributed by atoms with Crippen LogP contribution in [0.4, 0.5) is 4.39 Å². The number of halogens is 1. The number of benzene rings is 1. The molecule has 1 aromatic heterocycles. The Morgan fingerprint density at radius 2 is 1.95 bits per heavy atom. The monoisotopic (exact) mass is 277 g/mol. The number of methoxy groups -OCH3 is 1. The van der Waals surface area contributed by atoms with Crippen molar-refractivity contribution < 1.29 is 9.13 Å². The van der Waals surface area contributed by atoms with Crippen molar-refractivity contribution in [3.05, 3.63) is 41.3 Å². The summed E-state index contributed by atoms with van der Waals surface area (Å²) in [4.78, 5) is 0. The number of rotatable bonds is 3. The number of hydrogen-bond donors (Lipinski definition) is 1. The summed E-state index contributed by atoms with van der Waals surface area (Å²) in [5, 5.41) is 4.53. The minimum absolute atomic E-state index is 0.196. The minimum atomic E-state index is -0.350. The Labute approximate surface area is 118 Å². The van der Waals surface area contributed by atoms with Gasteiger partial charge in [-0.2, -0.15) is 9.78 Å².